The average molecular weight is 706 g/mol. The van der Waals surface area contributed by atoms with Crippen molar-refractivity contribution in [1.29, 1.82) is 0 Å². The summed E-state index contributed by atoms with van der Waals surface area (Å²) >= 11 is 7.11. The molecule has 6 nitrogen and oxygen atoms in total. The maximum Gasteiger partial charge on any atom is 0.339 e. The van der Waals surface area contributed by atoms with E-state index >= 15 is 0 Å². The van der Waals surface area contributed by atoms with Crippen molar-refractivity contribution in [3.63, 3.8) is 0 Å². The lowest BCUT2D eigenvalue weighted by atomic mass is 9.63. The number of benzene rings is 2. The van der Waals surface area contributed by atoms with Crippen molar-refractivity contribution in [2.75, 3.05) is 6.54 Å². The van der Waals surface area contributed by atoms with Crippen molar-refractivity contribution < 1.29 is 22.2 Å². The van der Waals surface area contributed by atoms with Gasteiger partial charge in [-0.25, -0.2) is 0 Å². The standard InChI is InChI=1S/C32H35Br2NO5S/c1-6-12-35-23-15-31(2,3)17-25(36)28(23)27(29-24(35)16-32(4,5)18-26(29)37)21-13-19(33)14-22(34)30(21)40-41(38,39)20-10-8-7-9-11-20/h7-11,13-14,27H,6,12,15-18H2,1-5H3. The first kappa shape index (κ1) is 30.2. The predicted octanol–water partition coefficient (Wildman–Crippen LogP) is 8.07. The van der Waals surface area contributed by atoms with Gasteiger partial charge in [0.15, 0.2) is 17.3 Å². The van der Waals surface area contributed by atoms with E-state index in [1.165, 1.54) is 12.1 Å². The molecule has 1 aliphatic heterocycles. The second-order valence-corrected chi connectivity index (χ2v) is 16.2. The van der Waals surface area contributed by atoms with E-state index in [9.17, 15) is 18.0 Å². The highest BCUT2D eigenvalue weighted by Gasteiger charge is 2.49. The summed E-state index contributed by atoms with van der Waals surface area (Å²) in [5.74, 6) is -0.686. The summed E-state index contributed by atoms with van der Waals surface area (Å²) in [5, 5.41) is 0. The van der Waals surface area contributed by atoms with E-state index in [1.807, 2.05) is 0 Å². The highest BCUT2D eigenvalue weighted by molar-refractivity contribution is 9.11. The zero-order valence-electron chi connectivity index (χ0n) is 24.0. The van der Waals surface area contributed by atoms with Gasteiger partial charge in [0, 0.05) is 57.9 Å². The Hall–Kier alpha value is -2.23. The van der Waals surface area contributed by atoms with Gasteiger partial charge in [-0.2, -0.15) is 8.42 Å². The Morgan fingerprint density at radius 1 is 0.878 bits per heavy atom. The quantitative estimate of drug-likeness (QED) is 0.283. The van der Waals surface area contributed by atoms with E-state index in [1.54, 1.807) is 30.3 Å². The lowest BCUT2D eigenvalue weighted by molar-refractivity contribution is -0.119. The minimum atomic E-state index is -4.21. The van der Waals surface area contributed by atoms with Crippen LogP contribution in [0, 0.1) is 10.8 Å². The van der Waals surface area contributed by atoms with Crippen molar-refractivity contribution in [3.8, 4) is 5.75 Å². The van der Waals surface area contributed by atoms with Crippen molar-refractivity contribution >= 4 is 53.5 Å². The monoisotopic (exact) mass is 703 g/mol. The third-order valence-corrected chi connectivity index (χ3v) is 10.3. The molecule has 0 spiro atoms. The van der Waals surface area contributed by atoms with E-state index in [4.69, 9.17) is 4.18 Å². The van der Waals surface area contributed by atoms with Crippen LogP contribution in [-0.2, 0) is 19.7 Å². The number of halogens is 2. The van der Waals surface area contributed by atoms with Gasteiger partial charge < -0.3 is 9.08 Å². The maximum absolute atomic E-state index is 14.1. The smallest absolute Gasteiger partial charge is 0.339 e. The number of allylic oxidation sites excluding steroid dienone is 4. The zero-order valence-corrected chi connectivity index (χ0v) is 28.0. The molecule has 2 aromatic rings. The van der Waals surface area contributed by atoms with Crippen molar-refractivity contribution in [1.82, 2.24) is 4.90 Å². The number of carbonyl (C=O) groups excluding carboxylic acids is 2. The first-order valence-electron chi connectivity index (χ1n) is 13.9. The molecule has 0 aromatic heterocycles. The van der Waals surface area contributed by atoms with Gasteiger partial charge in [-0.1, -0.05) is 68.7 Å². The van der Waals surface area contributed by atoms with Crippen LogP contribution in [0.4, 0.5) is 0 Å². The molecule has 2 aromatic carbocycles. The van der Waals surface area contributed by atoms with E-state index < -0.39 is 16.0 Å². The molecule has 0 atom stereocenters. The topological polar surface area (TPSA) is 80.8 Å². The largest absolute Gasteiger partial charge is 0.377 e. The van der Waals surface area contributed by atoms with Gasteiger partial charge in [0.25, 0.3) is 0 Å². The Morgan fingerprint density at radius 3 is 1.93 bits per heavy atom. The highest BCUT2D eigenvalue weighted by atomic mass is 79.9. The Bertz CT molecular complexity index is 1550. The molecule has 218 valence electrons. The molecule has 3 aliphatic rings. The normalized spacial score (nSPS) is 20.7. The fourth-order valence-corrected chi connectivity index (χ4v) is 8.92. The van der Waals surface area contributed by atoms with E-state index in [0.29, 0.717) is 57.9 Å². The summed E-state index contributed by atoms with van der Waals surface area (Å²) in [6, 6.07) is 11.5. The molecule has 0 bridgehead atoms. The first-order chi connectivity index (χ1) is 19.1. The zero-order chi connectivity index (χ0) is 29.9. The van der Waals surface area contributed by atoms with Gasteiger partial charge >= 0.3 is 10.1 Å². The van der Waals surface area contributed by atoms with Gasteiger partial charge in [0.05, 0.1) is 4.47 Å². The molecule has 0 amide bonds. The SMILES string of the molecule is CCCN1C2=C(C(=O)CC(C)(C)C2)C(c2cc(Br)cc(Br)c2OS(=O)(=O)c2ccccc2)C2=C1CC(C)(C)CC2=O. The van der Waals surface area contributed by atoms with Crippen LogP contribution in [0.1, 0.15) is 78.2 Å². The van der Waals surface area contributed by atoms with Crippen LogP contribution >= 0.6 is 31.9 Å². The Balaban J connectivity index is 1.80. The van der Waals surface area contributed by atoms with Gasteiger partial charge in [-0.15, -0.1) is 0 Å². The van der Waals surface area contributed by atoms with Crippen LogP contribution in [-0.4, -0.2) is 31.4 Å². The lowest BCUT2D eigenvalue weighted by Crippen LogP contribution is -2.44. The predicted molar refractivity (Wildman–Crippen MR) is 166 cm³/mol. The van der Waals surface area contributed by atoms with Crippen LogP contribution in [0.15, 0.2) is 78.8 Å². The van der Waals surface area contributed by atoms with Crippen LogP contribution in [0.5, 0.6) is 5.75 Å². The Morgan fingerprint density at radius 2 is 1.41 bits per heavy atom. The number of nitrogens with zero attached hydrogens (tertiary/aromatic N) is 1. The fourth-order valence-electron chi connectivity index (χ4n) is 6.48. The summed E-state index contributed by atoms with van der Waals surface area (Å²) < 4.78 is 33.9. The van der Waals surface area contributed by atoms with Crippen LogP contribution in [0.2, 0.25) is 0 Å². The van der Waals surface area contributed by atoms with Crippen molar-refractivity contribution in [2.24, 2.45) is 10.8 Å². The minimum absolute atomic E-state index is 0.0144. The molecule has 9 heteroatoms. The van der Waals surface area contributed by atoms with Gasteiger partial charge in [0.2, 0.25) is 0 Å². The molecule has 1 heterocycles. The number of hydrogen-bond acceptors (Lipinski definition) is 6. The maximum atomic E-state index is 14.1. The Labute approximate surface area is 259 Å². The summed E-state index contributed by atoms with van der Waals surface area (Å²) in [5.41, 5.74) is 3.03. The molecule has 0 saturated heterocycles. The van der Waals surface area contributed by atoms with Crippen molar-refractivity contribution in [3.05, 3.63) is 79.5 Å². The number of Topliss-reactive ketones (excluding diaryl/α,β-unsaturated/α-hetero) is 2. The van der Waals surface area contributed by atoms with Crippen LogP contribution < -0.4 is 4.18 Å². The number of ketones is 2. The van der Waals surface area contributed by atoms with E-state index in [2.05, 4.69) is 71.4 Å². The van der Waals surface area contributed by atoms with Gasteiger partial charge in [-0.3, -0.25) is 9.59 Å². The molecular weight excluding hydrogens is 670 g/mol. The van der Waals surface area contributed by atoms with Crippen LogP contribution in [0.25, 0.3) is 0 Å². The van der Waals surface area contributed by atoms with E-state index in [0.717, 1.165) is 17.8 Å². The third kappa shape index (κ3) is 5.74. The lowest BCUT2D eigenvalue weighted by Gasteiger charge is -2.49. The summed E-state index contributed by atoms with van der Waals surface area (Å²) in [7, 11) is -4.21. The van der Waals surface area contributed by atoms with E-state index in [-0.39, 0.29) is 33.0 Å². The van der Waals surface area contributed by atoms with Crippen molar-refractivity contribution in [2.45, 2.75) is 77.5 Å². The third-order valence-electron chi connectivity index (χ3n) is 8.04. The molecule has 5 rings (SSSR count). The molecule has 0 fully saturated rings. The first-order valence-corrected chi connectivity index (χ1v) is 16.9. The second-order valence-electron chi connectivity index (χ2n) is 12.8. The Kier molecular flexibility index (Phi) is 7.96. The molecular formula is C32H35Br2NO5S. The molecule has 2 aliphatic carbocycles. The minimum Gasteiger partial charge on any atom is -0.377 e. The summed E-state index contributed by atoms with van der Waals surface area (Å²) in [4.78, 5) is 30.4. The highest BCUT2D eigenvalue weighted by Crippen LogP contribution is 2.56. The average Bonchev–Trinajstić information content (AvgIpc) is 2.85. The summed E-state index contributed by atoms with van der Waals surface area (Å²) in [6.45, 7) is 11.2. The van der Waals surface area contributed by atoms with Crippen LogP contribution in [0.3, 0.4) is 0 Å². The second kappa shape index (κ2) is 10.8. The number of rotatable bonds is 6. The fraction of sp³-hybridized carbons (Fsp3) is 0.438. The molecule has 41 heavy (non-hydrogen) atoms. The molecule has 0 saturated carbocycles. The van der Waals surface area contributed by atoms with Gasteiger partial charge in [-0.05, 0) is 70.3 Å². The molecule has 0 radical (unpaired) electrons. The molecule has 0 unspecified atom stereocenters. The molecule has 0 N–H and O–H groups in total. The number of hydrogen-bond donors (Lipinski definition) is 0. The summed E-state index contributed by atoms with van der Waals surface area (Å²) in [6.07, 6.45) is 2.91. The van der Waals surface area contributed by atoms with Gasteiger partial charge in [0.1, 0.15) is 4.90 Å². The number of carbonyl (C=O) groups is 2.